The van der Waals surface area contributed by atoms with Gasteiger partial charge in [0.25, 0.3) is 0 Å². The summed E-state index contributed by atoms with van der Waals surface area (Å²) in [6.45, 7) is 0.952. The molecule has 0 saturated carbocycles. The number of nitrogens with zero attached hydrogens (tertiary/aromatic N) is 1. The molecule has 112 valence electrons. The number of ether oxygens (including phenoxy) is 1. The van der Waals surface area contributed by atoms with Crippen LogP contribution in [0.2, 0.25) is 0 Å². The summed E-state index contributed by atoms with van der Waals surface area (Å²) in [6.07, 6.45) is 1.14. The average Bonchev–Trinajstić information content (AvgIpc) is 2.49. The minimum atomic E-state index is 0.0659. The van der Waals surface area contributed by atoms with Gasteiger partial charge >= 0.3 is 0 Å². The minimum Gasteiger partial charge on any atom is -0.493 e. The van der Waals surface area contributed by atoms with Crippen molar-refractivity contribution in [1.29, 1.82) is 0 Å². The molecule has 0 fully saturated rings. The molecule has 0 aliphatic rings. The zero-order chi connectivity index (χ0) is 15.2. The van der Waals surface area contributed by atoms with Gasteiger partial charge in [-0.15, -0.1) is 0 Å². The molecule has 0 aliphatic carbocycles. The molecule has 2 N–H and O–H groups in total. The number of benzene rings is 2. The van der Waals surface area contributed by atoms with Crippen LogP contribution >= 0.6 is 0 Å². The molecular formula is C17H22N2O2. The molecule has 2 aromatic carbocycles. The van der Waals surface area contributed by atoms with Crippen LogP contribution in [0.3, 0.4) is 0 Å². The molecule has 21 heavy (non-hydrogen) atoms. The van der Waals surface area contributed by atoms with E-state index in [1.54, 1.807) is 19.0 Å². The molecule has 2 rings (SSSR count). The van der Waals surface area contributed by atoms with Crippen molar-refractivity contribution >= 4 is 16.7 Å². The van der Waals surface area contributed by atoms with Crippen LogP contribution in [-0.4, -0.2) is 38.1 Å². The van der Waals surface area contributed by atoms with Crippen molar-refractivity contribution in [3.63, 3.8) is 0 Å². The Morgan fingerprint density at radius 2 is 1.95 bits per heavy atom. The van der Waals surface area contributed by atoms with E-state index in [9.17, 15) is 4.79 Å². The van der Waals surface area contributed by atoms with Gasteiger partial charge in [-0.2, -0.15) is 0 Å². The lowest BCUT2D eigenvalue weighted by Gasteiger charge is -2.15. The summed E-state index contributed by atoms with van der Waals surface area (Å²) in [5.41, 5.74) is 6.84. The van der Waals surface area contributed by atoms with E-state index < -0.39 is 0 Å². The number of hydrogen-bond donors (Lipinski definition) is 1. The van der Waals surface area contributed by atoms with E-state index in [4.69, 9.17) is 10.5 Å². The van der Waals surface area contributed by atoms with Crippen molar-refractivity contribution in [2.45, 2.75) is 12.8 Å². The van der Waals surface area contributed by atoms with Crippen LogP contribution in [0, 0.1) is 0 Å². The molecule has 2 aromatic rings. The highest BCUT2D eigenvalue weighted by molar-refractivity contribution is 5.87. The molecule has 0 heterocycles. The van der Waals surface area contributed by atoms with Gasteiger partial charge in [0, 0.05) is 19.7 Å². The number of hydrogen-bond acceptors (Lipinski definition) is 3. The van der Waals surface area contributed by atoms with Crippen LogP contribution in [0.1, 0.15) is 12.0 Å². The lowest BCUT2D eigenvalue weighted by Crippen LogP contribution is -2.23. The second kappa shape index (κ2) is 7.09. The molecule has 4 nitrogen and oxygen atoms in total. The SMILES string of the molecule is CN(C)C(=O)CCOc1ccc2ccccc2c1CCN. The van der Waals surface area contributed by atoms with Gasteiger partial charge in [-0.05, 0) is 29.8 Å². The maximum atomic E-state index is 11.6. The highest BCUT2D eigenvalue weighted by atomic mass is 16.5. The Labute approximate surface area is 125 Å². The fourth-order valence-corrected chi connectivity index (χ4v) is 2.33. The highest BCUT2D eigenvalue weighted by Crippen LogP contribution is 2.28. The molecule has 0 saturated heterocycles. The van der Waals surface area contributed by atoms with Crippen molar-refractivity contribution in [3.8, 4) is 5.75 Å². The van der Waals surface area contributed by atoms with Gasteiger partial charge in [-0.3, -0.25) is 4.79 Å². The third-order valence-corrected chi connectivity index (χ3v) is 3.46. The fraction of sp³-hybridized carbons (Fsp3) is 0.353. The smallest absolute Gasteiger partial charge is 0.225 e. The van der Waals surface area contributed by atoms with E-state index in [1.807, 2.05) is 24.3 Å². The lowest BCUT2D eigenvalue weighted by atomic mass is 10.0. The Bertz CT molecular complexity index is 623. The molecule has 1 amide bonds. The van der Waals surface area contributed by atoms with Crippen molar-refractivity contribution < 1.29 is 9.53 Å². The summed E-state index contributed by atoms with van der Waals surface area (Å²) in [6, 6.07) is 12.2. The average molecular weight is 286 g/mol. The van der Waals surface area contributed by atoms with Gasteiger partial charge in [-0.1, -0.05) is 30.3 Å². The van der Waals surface area contributed by atoms with Crippen LogP contribution in [0.25, 0.3) is 10.8 Å². The summed E-state index contributed by atoms with van der Waals surface area (Å²) in [5.74, 6) is 0.891. The second-order valence-electron chi connectivity index (χ2n) is 5.19. The Balaban J connectivity index is 2.18. The second-order valence-corrected chi connectivity index (χ2v) is 5.19. The predicted molar refractivity (Wildman–Crippen MR) is 85.5 cm³/mol. The van der Waals surface area contributed by atoms with E-state index in [1.165, 1.54) is 10.8 Å². The number of carbonyl (C=O) groups excluding carboxylic acids is 1. The first-order valence-electron chi connectivity index (χ1n) is 7.17. The van der Waals surface area contributed by atoms with E-state index >= 15 is 0 Å². The van der Waals surface area contributed by atoms with Gasteiger partial charge in [-0.25, -0.2) is 0 Å². The van der Waals surface area contributed by atoms with Gasteiger partial charge in [0.05, 0.1) is 13.0 Å². The fourth-order valence-electron chi connectivity index (χ4n) is 2.33. The van der Waals surface area contributed by atoms with Crippen LogP contribution in [-0.2, 0) is 11.2 Å². The summed E-state index contributed by atoms with van der Waals surface area (Å²) in [4.78, 5) is 13.2. The van der Waals surface area contributed by atoms with E-state index in [2.05, 4.69) is 12.1 Å². The van der Waals surface area contributed by atoms with Crippen LogP contribution < -0.4 is 10.5 Å². The predicted octanol–water partition coefficient (Wildman–Crippen LogP) is 2.20. The van der Waals surface area contributed by atoms with Crippen LogP contribution in [0.15, 0.2) is 36.4 Å². The van der Waals surface area contributed by atoms with Gasteiger partial charge in [0.15, 0.2) is 0 Å². The molecule has 0 radical (unpaired) electrons. The Hall–Kier alpha value is -2.07. The first kappa shape index (κ1) is 15.3. The largest absolute Gasteiger partial charge is 0.493 e. The Morgan fingerprint density at radius 3 is 2.67 bits per heavy atom. The zero-order valence-electron chi connectivity index (χ0n) is 12.6. The van der Waals surface area contributed by atoms with Crippen molar-refractivity contribution in [2.75, 3.05) is 27.2 Å². The molecule has 0 aliphatic heterocycles. The maximum Gasteiger partial charge on any atom is 0.225 e. The molecule has 0 bridgehead atoms. The molecule has 0 atom stereocenters. The highest BCUT2D eigenvalue weighted by Gasteiger charge is 2.09. The zero-order valence-corrected chi connectivity index (χ0v) is 12.6. The number of amides is 1. The number of rotatable bonds is 6. The van der Waals surface area contributed by atoms with Gasteiger partial charge in [0.1, 0.15) is 5.75 Å². The quantitative estimate of drug-likeness (QED) is 0.885. The summed E-state index contributed by atoms with van der Waals surface area (Å²) in [7, 11) is 3.50. The van der Waals surface area contributed by atoms with Crippen molar-refractivity contribution in [1.82, 2.24) is 4.90 Å². The third-order valence-electron chi connectivity index (χ3n) is 3.46. The topological polar surface area (TPSA) is 55.6 Å². The first-order chi connectivity index (χ1) is 10.1. The van der Waals surface area contributed by atoms with Gasteiger partial charge < -0.3 is 15.4 Å². The summed E-state index contributed by atoms with van der Waals surface area (Å²) >= 11 is 0. The third kappa shape index (κ3) is 3.73. The van der Waals surface area contributed by atoms with E-state index in [0.717, 1.165) is 17.7 Å². The van der Waals surface area contributed by atoms with E-state index in [-0.39, 0.29) is 5.91 Å². The van der Waals surface area contributed by atoms with Crippen molar-refractivity contribution in [2.24, 2.45) is 5.73 Å². The molecular weight excluding hydrogens is 264 g/mol. The molecule has 4 heteroatoms. The summed E-state index contributed by atoms with van der Waals surface area (Å²) < 4.78 is 5.82. The molecule has 0 aromatic heterocycles. The Kier molecular flexibility index (Phi) is 5.17. The normalized spacial score (nSPS) is 10.6. The van der Waals surface area contributed by atoms with Crippen molar-refractivity contribution in [3.05, 3.63) is 42.0 Å². The number of carbonyl (C=O) groups is 1. The lowest BCUT2D eigenvalue weighted by molar-refractivity contribution is -0.129. The number of fused-ring (bicyclic) bond motifs is 1. The molecule has 0 spiro atoms. The Morgan fingerprint density at radius 1 is 1.19 bits per heavy atom. The summed E-state index contributed by atoms with van der Waals surface area (Å²) in [5, 5.41) is 2.34. The maximum absolute atomic E-state index is 11.6. The first-order valence-corrected chi connectivity index (χ1v) is 7.17. The van der Waals surface area contributed by atoms with E-state index in [0.29, 0.717) is 19.6 Å². The minimum absolute atomic E-state index is 0.0659. The van der Waals surface area contributed by atoms with Crippen LogP contribution in [0.5, 0.6) is 5.75 Å². The molecule has 0 unspecified atom stereocenters. The monoisotopic (exact) mass is 286 g/mol. The standard InChI is InChI=1S/C17H22N2O2/c1-19(2)17(20)10-12-21-16-8-7-13-5-3-4-6-14(13)15(16)9-11-18/h3-8H,9-12,18H2,1-2H3. The van der Waals surface area contributed by atoms with Crippen LogP contribution in [0.4, 0.5) is 0 Å². The number of nitrogens with two attached hydrogens (primary N) is 1. The van der Waals surface area contributed by atoms with Gasteiger partial charge in [0.2, 0.25) is 5.91 Å².